The molecule has 1 aromatic rings. The lowest BCUT2D eigenvalue weighted by atomic mass is 10.0. The number of hydrogen-bond donors (Lipinski definition) is 1. The van der Waals surface area contributed by atoms with Gasteiger partial charge in [0.25, 0.3) is 0 Å². The van der Waals surface area contributed by atoms with Crippen molar-refractivity contribution in [3.8, 4) is 0 Å². The van der Waals surface area contributed by atoms with Crippen LogP contribution in [0.4, 0.5) is 0 Å². The molecule has 4 nitrogen and oxygen atoms in total. The van der Waals surface area contributed by atoms with Crippen LogP contribution in [0.25, 0.3) is 6.08 Å². The molecule has 21 heavy (non-hydrogen) atoms. The zero-order valence-corrected chi connectivity index (χ0v) is 11.9. The Morgan fingerprint density at radius 3 is 2.29 bits per heavy atom. The molecule has 4 heteroatoms. The molecular weight excluding hydrogens is 266 g/mol. The van der Waals surface area contributed by atoms with Crippen molar-refractivity contribution < 1.29 is 14.7 Å². The van der Waals surface area contributed by atoms with E-state index in [0.717, 1.165) is 18.7 Å². The van der Waals surface area contributed by atoms with Gasteiger partial charge < -0.3 is 10.0 Å². The molecule has 0 unspecified atom stereocenters. The summed E-state index contributed by atoms with van der Waals surface area (Å²) in [6, 6.07) is 6.53. The monoisotopic (exact) mass is 285 g/mol. The van der Waals surface area contributed by atoms with Gasteiger partial charge in [-0.3, -0.25) is 4.79 Å². The van der Waals surface area contributed by atoms with Crippen LogP contribution in [0.2, 0.25) is 0 Å². The lowest BCUT2D eigenvalue weighted by molar-refractivity contribution is -0.125. The van der Waals surface area contributed by atoms with Crippen LogP contribution in [0, 0.1) is 11.8 Å². The molecule has 0 bridgehead atoms. The second-order valence-corrected chi connectivity index (χ2v) is 5.95. The molecule has 1 aliphatic heterocycles. The molecule has 1 saturated heterocycles. The van der Waals surface area contributed by atoms with E-state index in [0.29, 0.717) is 11.8 Å². The molecule has 0 spiro atoms. The van der Waals surface area contributed by atoms with Gasteiger partial charge in [-0.2, -0.15) is 0 Å². The molecule has 2 atom stereocenters. The highest BCUT2D eigenvalue weighted by Crippen LogP contribution is 2.37. The molecule has 2 fully saturated rings. The van der Waals surface area contributed by atoms with Gasteiger partial charge in [-0.15, -0.1) is 0 Å². The molecular formula is C17H19NO3. The van der Waals surface area contributed by atoms with Crippen LogP contribution in [-0.2, 0) is 4.79 Å². The Bertz CT molecular complexity index is 564. The van der Waals surface area contributed by atoms with Crippen LogP contribution in [0.1, 0.15) is 35.2 Å². The van der Waals surface area contributed by atoms with Gasteiger partial charge in [0, 0.05) is 19.2 Å². The predicted molar refractivity (Wildman–Crippen MR) is 79.8 cm³/mol. The third-order valence-corrected chi connectivity index (χ3v) is 4.61. The largest absolute Gasteiger partial charge is 0.478 e. The van der Waals surface area contributed by atoms with Crippen LogP contribution in [0.5, 0.6) is 0 Å². The number of likely N-dealkylation sites (tertiary alicyclic amines) is 1. The van der Waals surface area contributed by atoms with Crippen molar-refractivity contribution in [1.82, 2.24) is 4.90 Å². The van der Waals surface area contributed by atoms with Crippen molar-refractivity contribution >= 4 is 18.0 Å². The molecule has 1 amide bonds. The van der Waals surface area contributed by atoms with Crippen LogP contribution < -0.4 is 0 Å². The van der Waals surface area contributed by atoms with E-state index in [-0.39, 0.29) is 11.5 Å². The number of aromatic carboxylic acids is 1. The van der Waals surface area contributed by atoms with Gasteiger partial charge in [0.2, 0.25) is 5.91 Å². The zero-order valence-electron chi connectivity index (χ0n) is 11.9. The summed E-state index contributed by atoms with van der Waals surface area (Å²) in [5.41, 5.74) is 1.10. The molecule has 110 valence electrons. The highest BCUT2D eigenvalue weighted by atomic mass is 16.4. The molecule has 1 aromatic carbocycles. The van der Waals surface area contributed by atoms with E-state index in [1.807, 2.05) is 4.90 Å². The Balaban J connectivity index is 1.60. The first-order valence-electron chi connectivity index (χ1n) is 7.44. The van der Waals surface area contributed by atoms with Crippen molar-refractivity contribution in [3.63, 3.8) is 0 Å². The second kappa shape index (κ2) is 5.72. The molecule has 0 aromatic heterocycles. The molecule has 2 aliphatic rings. The highest BCUT2D eigenvalue weighted by Gasteiger charge is 2.37. The van der Waals surface area contributed by atoms with Crippen LogP contribution in [0.3, 0.4) is 0 Å². The van der Waals surface area contributed by atoms with E-state index < -0.39 is 5.97 Å². The van der Waals surface area contributed by atoms with E-state index in [1.54, 1.807) is 36.4 Å². The van der Waals surface area contributed by atoms with Gasteiger partial charge in [0.15, 0.2) is 0 Å². The van der Waals surface area contributed by atoms with Gasteiger partial charge in [0.05, 0.1) is 5.56 Å². The number of carbonyl (C=O) groups is 2. The Hall–Kier alpha value is -2.10. The molecule has 0 radical (unpaired) electrons. The minimum atomic E-state index is -0.940. The average molecular weight is 285 g/mol. The maximum absolute atomic E-state index is 12.2. The minimum Gasteiger partial charge on any atom is -0.478 e. The number of carboxylic acid groups (broad SMARTS) is 1. The number of nitrogens with zero attached hydrogens (tertiary/aromatic N) is 1. The number of hydrogen-bond acceptors (Lipinski definition) is 2. The van der Waals surface area contributed by atoms with Gasteiger partial charge in [-0.25, -0.2) is 4.79 Å². The Morgan fingerprint density at radius 1 is 1.10 bits per heavy atom. The fourth-order valence-corrected chi connectivity index (χ4v) is 3.42. The maximum atomic E-state index is 12.2. The van der Waals surface area contributed by atoms with E-state index in [1.165, 1.54) is 19.3 Å². The van der Waals surface area contributed by atoms with Crippen molar-refractivity contribution in [2.24, 2.45) is 11.8 Å². The maximum Gasteiger partial charge on any atom is 0.335 e. The first kappa shape index (κ1) is 13.9. The molecule has 1 aliphatic carbocycles. The van der Waals surface area contributed by atoms with E-state index >= 15 is 0 Å². The standard InChI is InChI=1S/C17H19NO3/c19-16(18-10-14-2-1-3-15(14)11-18)9-6-12-4-7-13(8-5-12)17(20)21/h4-9,14-15H,1-3,10-11H2,(H,20,21)/b9-6+/t14-,15-/m1/s1. The predicted octanol–water partition coefficient (Wildman–Crippen LogP) is 2.66. The summed E-state index contributed by atoms with van der Waals surface area (Å²) in [7, 11) is 0. The number of amides is 1. The quantitative estimate of drug-likeness (QED) is 0.869. The normalized spacial score (nSPS) is 24.5. The average Bonchev–Trinajstić information content (AvgIpc) is 3.06. The summed E-state index contributed by atoms with van der Waals surface area (Å²) >= 11 is 0. The first-order valence-corrected chi connectivity index (χ1v) is 7.44. The highest BCUT2D eigenvalue weighted by molar-refractivity contribution is 5.92. The molecule has 1 heterocycles. The van der Waals surface area contributed by atoms with Crippen molar-refractivity contribution in [2.75, 3.05) is 13.1 Å². The van der Waals surface area contributed by atoms with E-state index in [4.69, 9.17) is 5.11 Å². The van der Waals surface area contributed by atoms with Crippen molar-refractivity contribution in [1.29, 1.82) is 0 Å². The fraction of sp³-hybridized carbons (Fsp3) is 0.412. The van der Waals surface area contributed by atoms with Crippen LogP contribution in [0.15, 0.2) is 30.3 Å². The van der Waals surface area contributed by atoms with Crippen molar-refractivity contribution in [3.05, 3.63) is 41.5 Å². The topological polar surface area (TPSA) is 57.6 Å². The van der Waals surface area contributed by atoms with E-state index in [2.05, 4.69) is 0 Å². The van der Waals surface area contributed by atoms with Gasteiger partial charge in [-0.1, -0.05) is 18.6 Å². The number of carbonyl (C=O) groups excluding carboxylic acids is 1. The Morgan fingerprint density at radius 2 is 1.71 bits per heavy atom. The summed E-state index contributed by atoms with van der Waals surface area (Å²) in [6.45, 7) is 1.79. The minimum absolute atomic E-state index is 0.0618. The van der Waals surface area contributed by atoms with Crippen LogP contribution >= 0.6 is 0 Å². The Labute approximate surface area is 124 Å². The number of fused-ring (bicyclic) bond motifs is 1. The van der Waals surface area contributed by atoms with E-state index in [9.17, 15) is 9.59 Å². The van der Waals surface area contributed by atoms with Crippen LogP contribution in [-0.4, -0.2) is 35.0 Å². The van der Waals surface area contributed by atoms with Gasteiger partial charge in [0.1, 0.15) is 0 Å². The lowest BCUT2D eigenvalue weighted by Crippen LogP contribution is -2.27. The number of rotatable bonds is 3. The zero-order chi connectivity index (χ0) is 14.8. The third kappa shape index (κ3) is 2.99. The first-order chi connectivity index (χ1) is 10.1. The number of carboxylic acids is 1. The lowest BCUT2D eigenvalue weighted by Gasteiger charge is -2.14. The van der Waals surface area contributed by atoms with Crippen molar-refractivity contribution in [2.45, 2.75) is 19.3 Å². The number of benzene rings is 1. The second-order valence-electron chi connectivity index (χ2n) is 5.95. The summed E-state index contributed by atoms with van der Waals surface area (Å²) < 4.78 is 0. The summed E-state index contributed by atoms with van der Waals surface area (Å²) in [6.07, 6.45) is 7.17. The summed E-state index contributed by atoms with van der Waals surface area (Å²) in [5.74, 6) is 0.534. The third-order valence-electron chi connectivity index (χ3n) is 4.61. The summed E-state index contributed by atoms with van der Waals surface area (Å²) in [5, 5.41) is 8.84. The molecule has 1 saturated carbocycles. The van der Waals surface area contributed by atoms with Gasteiger partial charge in [-0.05, 0) is 48.4 Å². The SMILES string of the molecule is O=C(O)c1ccc(/C=C/C(=O)N2C[C@H]3CCC[C@@H]3C2)cc1. The smallest absolute Gasteiger partial charge is 0.335 e. The Kier molecular flexibility index (Phi) is 3.78. The summed E-state index contributed by atoms with van der Waals surface area (Å²) in [4.78, 5) is 24.9. The fourth-order valence-electron chi connectivity index (χ4n) is 3.42. The van der Waals surface area contributed by atoms with Gasteiger partial charge >= 0.3 is 5.97 Å². The molecule has 1 N–H and O–H groups in total. The molecule has 3 rings (SSSR count).